The molecule has 0 aliphatic heterocycles. The zero-order valence-electron chi connectivity index (χ0n) is 21.6. The second kappa shape index (κ2) is 13.3. The van der Waals surface area contributed by atoms with Crippen LogP contribution in [0.25, 0.3) is 0 Å². The lowest BCUT2D eigenvalue weighted by Crippen LogP contribution is -2.52. The van der Waals surface area contributed by atoms with Crippen molar-refractivity contribution < 1.29 is 22.7 Å². The number of hydrogen-bond donors (Lipinski definition) is 1. The molecule has 0 aromatic heterocycles. The molecule has 0 saturated carbocycles. The van der Waals surface area contributed by atoms with Crippen LogP contribution in [-0.2, 0) is 26.0 Å². The lowest BCUT2D eigenvalue weighted by atomic mass is 10.1. The van der Waals surface area contributed by atoms with E-state index in [4.69, 9.17) is 16.3 Å². The largest absolute Gasteiger partial charge is 0.497 e. The van der Waals surface area contributed by atoms with E-state index in [1.165, 1.54) is 48.4 Å². The Hall–Kier alpha value is -3.56. The summed E-state index contributed by atoms with van der Waals surface area (Å²) >= 11 is 6.04. The highest BCUT2D eigenvalue weighted by molar-refractivity contribution is 7.92. The molecule has 38 heavy (non-hydrogen) atoms. The molecule has 0 radical (unpaired) electrons. The van der Waals surface area contributed by atoms with Crippen molar-refractivity contribution in [2.24, 2.45) is 0 Å². The molecular weight excluding hydrogens is 526 g/mol. The monoisotopic (exact) mass is 557 g/mol. The Morgan fingerprint density at radius 2 is 1.61 bits per heavy atom. The van der Waals surface area contributed by atoms with Gasteiger partial charge in [-0.15, -0.1) is 0 Å². The zero-order valence-corrected chi connectivity index (χ0v) is 23.2. The number of benzene rings is 3. The molecule has 0 heterocycles. The summed E-state index contributed by atoms with van der Waals surface area (Å²) in [5, 5.41) is 3.17. The molecule has 0 saturated heterocycles. The predicted octanol–water partition coefficient (Wildman–Crippen LogP) is 4.14. The first-order valence-corrected chi connectivity index (χ1v) is 14.0. The molecular formula is C28H32ClN3O5S. The number of halogens is 1. The molecule has 8 nitrogen and oxygen atoms in total. The molecule has 1 atom stereocenters. The Kier molecular flexibility index (Phi) is 10.2. The van der Waals surface area contributed by atoms with Crippen molar-refractivity contribution in [3.05, 3.63) is 89.4 Å². The van der Waals surface area contributed by atoms with Gasteiger partial charge in [-0.05, 0) is 74.4 Å². The SMILES string of the molecule is CCNC(=O)[C@H](C)N(CCc1ccccc1)C(=O)CN(c1ccc(Cl)cc1)S(=O)(=O)c1ccc(OC)cc1. The van der Waals surface area contributed by atoms with Gasteiger partial charge in [-0.3, -0.25) is 13.9 Å². The van der Waals surface area contributed by atoms with Gasteiger partial charge in [0.1, 0.15) is 18.3 Å². The lowest BCUT2D eigenvalue weighted by molar-refractivity contribution is -0.138. The van der Waals surface area contributed by atoms with E-state index in [9.17, 15) is 18.0 Å². The number of carbonyl (C=O) groups is 2. The number of hydrogen-bond acceptors (Lipinski definition) is 5. The standard InChI is InChI=1S/C28H32ClN3O5S/c1-4-30-28(34)21(2)31(19-18-22-8-6-5-7-9-22)27(33)20-32(24-12-10-23(29)11-13-24)38(35,36)26-16-14-25(37-3)15-17-26/h5-17,21H,4,18-20H2,1-3H3,(H,30,34)/t21-/m0/s1. The third kappa shape index (κ3) is 7.26. The molecule has 2 amide bonds. The molecule has 10 heteroatoms. The number of carbonyl (C=O) groups excluding carboxylic acids is 2. The van der Waals surface area contributed by atoms with E-state index in [0.29, 0.717) is 23.7 Å². The molecule has 0 unspecified atom stereocenters. The van der Waals surface area contributed by atoms with Crippen LogP contribution in [0.5, 0.6) is 5.75 Å². The van der Waals surface area contributed by atoms with Gasteiger partial charge in [-0.2, -0.15) is 0 Å². The summed E-state index contributed by atoms with van der Waals surface area (Å²) < 4.78 is 33.7. The Bertz CT molecular complexity index is 1320. The first kappa shape index (κ1) is 29.0. The smallest absolute Gasteiger partial charge is 0.264 e. The van der Waals surface area contributed by atoms with Crippen molar-refractivity contribution >= 4 is 39.1 Å². The van der Waals surface area contributed by atoms with Gasteiger partial charge < -0.3 is 15.0 Å². The van der Waals surface area contributed by atoms with Crippen molar-refractivity contribution in [1.29, 1.82) is 0 Å². The summed E-state index contributed by atoms with van der Waals surface area (Å²) in [6.07, 6.45) is 0.502. The minimum Gasteiger partial charge on any atom is -0.497 e. The van der Waals surface area contributed by atoms with E-state index in [2.05, 4.69) is 5.32 Å². The molecule has 0 aliphatic rings. The molecule has 0 bridgehead atoms. The van der Waals surface area contributed by atoms with E-state index in [1.54, 1.807) is 26.0 Å². The molecule has 3 aromatic rings. The second-order valence-electron chi connectivity index (χ2n) is 8.56. The summed E-state index contributed by atoms with van der Waals surface area (Å²) in [4.78, 5) is 27.9. The van der Waals surface area contributed by atoms with Crippen LogP contribution in [0.3, 0.4) is 0 Å². The van der Waals surface area contributed by atoms with Crippen molar-refractivity contribution in [2.45, 2.75) is 31.2 Å². The third-order valence-corrected chi connectivity index (χ3v) is 8.08. The minimum atomic E-state index is -4.16. The van der Waals surface area contributed by atoms with E-state index >= 15 is 0 Å². The normalized spacial score (nSPS) is 11.9. The number of likely N-dealkylation sites (N-methyl/N-ethyl adjacent to an activating group) is 1. The average molecular weight is 558 g/mol. The Labute approximate surface area is 229 Å². The van der Waals surface area contributed by atoms with Crippen LogP contribution in [0.2, 0.25) is 5.02 Å². The van der Waals surface area contributed by atoms with E-state index in [-0.39, 0.29) is 23.0 Å². The van der Waals surface area contributed by atoms with Crippen LogP contribution >= 0.6 is 11.6 Å². The zero-order chi connectivity index (χ0) is 27.7. The Morgan fingerprint density at radius 1 is 0.974 bits per heavy atom. The lowest BCUT2D eigenvalue weighted by Gasteiger charge is -2.32. The van der Waals surface area contributed by atoms with E-state index in [0.717, 1.165) is 9.87 Å². The van der Waals surface area contributed by atoms with Gasteiger partial charge in [0.05, 0.1) is 17.7 Å². The first-order valence-electron chi connectivity index (χ1n) is 12.2. The molecule has 0 spiro atoms. The maximum atomic E-state index is 13.8. The highest BCUT2D eigenvalue weighted by atomic mass is 35.5. The van der Waals surface area contributed by atoms with Crippen molar-refractivity contribution in [1.82, 2.24) is 10.2 Å². The maximum Gasteiger partial charge on any atom is 0.264 e. The molecule has 3 aromatic carbocycles. The molecule has 3 rings (SSSR count). The first-order chi connectivity index (χ1) is 18.2. The number of rotatable bonds is 12. The quantitative estimate of drug-likeness (QED) is 0.361. The van der Waals surface area contributed by atoms with Crippen LogP contribution in [-0.4, -0.2) is 57.9 Å². The van der Waals surface area contributed by atoms with Crippen LogP contribution in [0.4, 0.5) is 5.69 Å². The molecule has 202 valence electrons. The second-order valence-corrected chi connectivity index (χ2v) is 10.9. The fraction of sp³-hybridized carbons (Fsp3) is 0.286. The number of nitrogens with zero attached hydrogens (tertiary/aromatic N) is 2. The van der Waals surface area contributed by atoms with Gasteiger partial charge in [0.25, 0.3) is 10.0 Å². The minimum absolute atomic E-state index is 0.00587. The number of ether oxygens (including phenoxy) is 1. The number of amides is 2. The summed E-state index contributed by atoms with van der Waals surface area (Å²) in [6, 6.07) is 20.9. The molecule has 0 aliphatic carbocycles. The summed E-state index contributed by atoms with van der Waals surface area (Å²) in [7, 11) is -2.67. The molecule has 1 N–H and O–H groups in total. The van der Waals surface area contributed by atoms with Gasteiger partial charge in [0, 0.05) is 18.1 Å². The highest BCUT2D eigenvalue weighted by Gasteiger charge is 2.32. The van der Waals surface area contributed by atoms with Crippen LogP contribution in [0, 0.1) is 0 Å². The van der Waals surface area contributed by atoms with Crippen molar-refractivity contribution in [3.8, 4) is 5.75 Å². The van der Waals surface area contributed by atoms with Crippen molar-refractivity contribution in [2.75, 3.05) is 31.0 Å². The Morgan fingerprint density at radius 3 is 2.18 bits per heavy atom. The highest BCUT2D eigenvalue weighted by Crippen LogP contribution is 2.27. The number of nitrogens with one attached hydrogen (secondary N) is 1. The summed E-state index contributed by atoms with van der Waals surface area (Å²) in [5.41, 5.74) is 1.26. The van der Waals surface area contributed by atoms with Crippen molar-refractivity contribution in [3.63, 3.8) is 0 Å². The maximum absolute atomic E-state index is 13.8. The van der Waals surface area contributed by atoms with Gasteiger partial charge in [0.15, 0.2) is 0 Å². The number of methoxy groups -OCH3 is 1. The van der Waals surface area contributed by atoms with Gasteiger partial charge >= 0.3 is 0 Å². The topological polar surface area (TPSA) is 96.0 Å². The van der Waals surface area contributed by atoms with Crippen LogP contribution in [0.1, 0.15) is 19.4 Å². The van der Waals surface area contributed by atoms with Crippen LogP contribution in [0.15, 0.2) is 83.8 Å². The van der Waals surface area contributed by atoms with Gasteiger partial charge in [0.2, 0.25) is 11.8 Å². The third-order valence-electron chi connectivity index (χ3n) is 6.04. The average Bonchev–Trinajstić information content (AvgIpc) is 2.93. The van der Waals surface area contributed by atoms with E-state index < -0.39 is 28.5 Å². The summed E-state index contributed by atoms with van der Waals surface area (Å²) in [5.74, 6) is -0.322. The van der Waals surface area contributed by atoms with E-state index in [1.807, 2.05) is 30.3 Å². The predicted molar refractivity (Wildman–Crippen MR) is 149 cm³/mol. The number of sulfonamides is 1. The van der Waals surface area contributed by atoms with Crippen LogP contribution < -0.4 is 14.4 Å². The van der Waals surface area contributed by atoms with Gasteiger partial charge in [-0.1, -0.05) is 41.9 Å². The fourth-order valence-electron chi connectivity index (χ4n) is 3.90. The summed E-state index contributed by atoms with van der Waals surface area (Å²) in [6.45, 7) is 3.57. The van der Waals surface area contributed by atoms with Gasteiger partial charge in [-0.25, -0.2) is 8.42 Å². The fourth-order valence-corrected chi connectivity index (χ4v) is 5.44. The number of anilines is 1. The molecule has 0 fully saturated rings. The Balaban J connectivity index is 1.96.